The Morgan fingerprint density at radius 2 is 1.76 bits per heavy atom. The molecule has 6 atom stereocenters. The summed E-state index contributed by atoms with van der Waals surface area (Å²) < 4.78 is 0. The molecule has 0 amide bonds. The van der Waals surface area contributed by atoms with E-state index in [1.165, 1.54) is 37.8 Å². The van der Waals surface area contributed by atoms with Crippen LogP contribution < -0.4 is 5.43 Å². The fourth-order valence-electron chi connectivity index (χ4n) is 5.97. The zero-order valence-corrected chi connectivity index (χ0v) is 19.8. The van der Waals surface area contributed by atoms with E-state index in [0.717, 1.165) is 5.92 Å². The number of benzene rings is 1. The highest BCUT2D eigenvalue weighted by Gasteiger charge is 2.42. The number of hydrazine groups is 1. The lowest BCUT2D eigenvalue weighted by Gasteiger charge is -2.38. The van der Waals surface area contributed by atoms with Gasteiger partial charge in [0.1, 0.15) is 0 Å². The number of rotatable bonds is 8. The summed E-state index contributed by atoms with van der Waals surface area (Å²) in [5.74, 6) is 1.41. The van der Waals surface area contributed by atoms with E-state index in [4.69, 9.17) is 0 Å². The average Bonchev–Trinajstić information content (AvgIpc) is 3.12. The minimum absolute atomic E-state index is 0.408. The second-order valence-electron chi connectivity index (χ2n) is 10.0. The van der Waals surface area contributed by atoms with Gasteiger partial charge in [-0.1, -0.05) is 51.1 Å². The summed E-state index contributed by atoms with van der Waals surface area (Å²) in [7, 11) is 2.20. The topological polar surface area (TPSA) is 21.8 Å². The van der Waals surface area contributed by atoms with E-state index in [-0.39, 0.29) is 0 Å². The molecule has 164 valence electrons. The summed E-state index contributed by atoms with van der Waals surface area (Å²) in [5, 5.41) is 2.32. The molecule has 0 bridgehead atoms. The van der Waals surface area contributed by atoms with Crippen LogP contribution in [-0.4, -0.2) is 58.9 Å². The Balaban J connectivity index is 1.61. The van der Waals surface area contributed by atoms with Crippen LogP contribution in [0, 0.1) is 11.8 Å². The molecule has 1 N–H and O–H groups in total. The van der Waals surface area contributed by atoms with Crippen LogP contribution in [0.4, 0.5) is 0 Å². The first kappa shape index (κ1) is 22.7. The standard InChI is InChI=1S/C25H44N4/c1-18(2)25-27(7)26-22(6)29(25)20(4)17-24-16-19(3)21(5)28(24)15-11-14-23-12-9-8-10-13-23/h8-10,12-13,18-22,24-26H,11,14-17H2,1-7H3. The number of nitrogens with zero attached hydrogens (tertiary/aromatic N) is 3. The molecule has 0 saturated carbocycles. The van der Waals surface area contributed by atoms with E-state index in [1.807, 2.05) is 0 Å². The summed E-state index contributed by atoms with van der Waals surface area (Å²) in [6.07, 6.45) is 5.93. The lowest BCUT2D eigenvalue weighted by atomic mass is 9.98. The van der Waals surface area contributed by atoms with Gasteiger partial charge >= 0.3 is 0 Å². The van der Waals surface area contributed by atoms with Gasteiger partial charge in [-0.3, -0.25) is 9.80 Å². The molecular weight excluding hydrogens is 356 g/mol. The van der Waals surface area contributed by atoms with Crippen molar-refractivity contribution in [1.82, 2.24) is 20.2 Å². The van der Waals surface area contributed by atoms with Crippen molar-refractivity contribution >= 4 is 0 Å². The molecule has 2 heterocycles. The van der Waals surface area contributed by atoms with Crippen molar-refractivity contribution in [3.8, 4) is 0 Å². The molecule has 1 aromatic carbocycles. The molecule has 0 aromatic heterocycles. The first-order chi connectivity index (χ1) is 13.8. The first-order valence-corrected chi connectivity index (χ1v) is 11.9. The summed E-state index contributed by atoms with van der Waals surface area (Å²) >= 11 is 0. The highest BCUT2D eigenvalue weighted by molar-refractivity contribution is 5.14. The Morgan fingerprint density at radius 3 is 2.41 bits per heavy atom. The van der Waals surface area contributed by atoms with Crippen molar-refractivity contribution in [3.63, 3.8) is 0 Å². The van der Waals surface area contributed by atoms with E-state index >= 15 is 0 Å². The Hall–Kier alpha value is -0.940. The van der Waals surface area contributed by atoms with Crippen LogP contribution in [0.5, 0.6) is 0 Å². The van der Waals surface area contributed by atoms with E-state index in [9.17, 15) is 0 Å². The first-order valence-electron chi connectivity index (χ1n) is 11.9. The molecule has 0 radical (unpaired) electrons. The molecule has 2 aliphatic rings. The van der Waals surface area contributed by atoms with Gasteiger partial charge in [0.05, 0.1) is 12.3 Å². The maximum absolute atomic E-state index is 3.63. The van der Waals surface area contributed by atoms with Gasteiger partial charge in [0.25, 0.3) is 0 Å². The van der Waals surface area contributed by atoms with Gasteiger partial charge in [0.2, 0.25) is 0 Å². The van der Waals surface area contributed by atoms with Crippen molar-refractivity contribution in [2.75, 3.05) is 13.6 Å². The summed E-state index contributed by atoms with van der Waals surface area (Å²) in [6, 6.07) is 12.9. The van der Waals surface area contributed by atoms with Crippen LogP contribution in [-0.2, 0) is 6.42 Å². The Morgan fingerprint density at radius 1 is 1.07 bits per heavy atom. The highest BCUT2D eigenvalue weighted by Crippen LogP contribution is 2.34. The second-order valence-corrected chi connectivity index (χ2v) is 10.0. The molecule has 3 rings (SSSR count). The minimum atomic E-state index is 0.408. The fourth-order valence-corrected chi connectivity index (χ4v) is 5.97. The minimum Gasteiger partial charge on any atom is -0.297 e. The number of hydrogen-bond donors (Lipinski definition) is 1. The SMILES string of the molecule is CC(C)C1N(C)NC(C)N1C(C)CC1CC(C)C(C)N1CCCc1ccccc1. The van der Waals surface area contributed by atoms with Crippen LogP contribution in [0.3, 0.4) is 0 Å². The Kier molecular flexibility index (Phi) is 7.77. The number of hydrogen-bond acceptors (Lipinski definition) is 4. The molecule has 6 unspecified atom stereocenters. The van der Waals surface area contributed by atoms with E-state index in [0.29, 0.717) is 36.4 Å². The number of likely N-dealkylation sites (tertiary alicyclic amines) is 1. The van der Waals surface area contributed by atoms with Crippen molar-refractivity contribution in [1.29, 1.82) is 0 Å². The van der Waals surface area contributed by atoms with Crippen LogP contribution >= 0.6 is 0 Å². The third-order valence-corrected chi connectivity index (χ3v) is 7.44. The molecule has 4 heteroatoms. The molecule has 2 saturated heterocycles. The zero-order valence-electron chi connectivity index (χ0n) is 19.8. The largest absolute Gasteiger partial charge is 0.297 e. The number of aryl methyl sites for hydroxylation is 1. The zero-order chi connectivity index (χ0) is 21.1. The monoisotopic (exact) mass is 400 g/mol. The highest BCUT2D eigenvalue weighted by atomic mass is 15.7. The quantitative estimate of drug-likeness (QED) is 0.689. The van der Waals surface area contributed by atoms with Crippen molar-refractivity contribution in [3.05, 3.63) is 35.9 Å². The maximum atomic E-state index is 3.63. The van der Waals surface area contributed by atoms with Gasteiger partial charge < -0.3 is 0 Å². The van der Waals surface area contributed by atoms with Crippen molar-refractivity contribution in [2.24, 2.45) is 11.8 Å². The normalized spacial score (nSPS) is 33.0. The summed E-state index contributed by atoms with van der Waals surface area (Å²) in [5.41, 5.74) is 5.10. The molecule has 2 fully saturated rings. The van der Waals surface area contributed by atoms with Gasteiger partial charge in [-0.2, -0.15) is 0 Å². The van der Waals surface area contributed by atoms with E-state index in [1.54, 1.807) is 0 Å². The maximum Gasteiger partial charge on any atom is 0.0793 e. The number of nitrogens with one attached hydrogen (secondary N) is 1. The Bertz CT molecular complexity index is 619. The molecule has 1 aromatic rings. The van der Waals surface area contributed by atoms with Crippen LogP contribution in [0.25, 0.3) is 0 Å². The molecular formula is C25H44N4. The van der Waals surface area contributed by atoms with Crippen LogP contribution in [0.1, 0.15) is 66.4 Å². The second kappa shape index (κ2) is 9.91. The molecule has 0 aliphatic carbocycles. The fraction of sp³-hybridized carbons (Fsp3) is 0.760. The van der Waals surface area contributed by atoms with Crippen LogP contribution in [0.15, 0.2) is 30.3 Å². The predicted molar refractivity (Wildman–Crippen MR) is 123 cm³/mol. The summed E-state index contributed by atoms with van der Waals surface area (Å²) in [4.78, 5) is 5.53. The molecule has 4 nitrogen and oxygen atoms in total. The van der Waals surface area contributed by atoms with Crippen molar-refractivity contribution < 1.29 is 0 Å². The molecule has 2 aliphatic heterocycles. The predicted octanol–water partition coefficient (Wildman–Crippen LogP) is 4.58. The van der Waals surface area contributed by atoms with Gasteiger partial charge in [-0.05, 0) is 70.4 Å². The van der Waals surface area contributed by atoms with Crippen LogP contribution in [0.2, 0.25) is 0 Å². The van der Waals surface area contributed by atoms with Gasteiger partial charge in [-0.15, -0.1) is 0 Å². The third-order valence-electron chi connectivity index (χ3n) is 7.44. The smallest absolute Gasteiger partial charge is 0.0793 e. The van der Waals surface area contributed by atoms with Gasteiger partial charge in [0, 0.05) is 25.2 Å². The van der Waals surface area contributed by atoms with Crippen molar-refractivity contribution in [2.45, 2.75) is 97.7 Å². The van der Waals surface area contributed by atoms with E-state index in [2.05, 4.69) is 99.2 Å². The van der Waals surface area contributed by atoms with E-state index < -0.39 is 0 Å². The Labute approximate surface area is 179 Å². The lowest BCUT2D eigenvalue weighted by molar-refractivity contribution is 0.0458. The van der Waals surface area contributed by atoms with Gasteiger partial charge in [0.15, 0.2) is 0 Å². The lowest BCUT2D eigenvalue weighted by Crippen LogP contribution is -2.49. The molecule has 29 heavy (non-hydrogen) atoms. The third kappa shape index (κ3) is 5.22. The van der Waals surface area contributed by atoms with Gasteiger partial charge in [-0.25, -0.2) is 10.4 Å². The summed E-state index contributed by atoms with van der Waals surface area (Å²) in [6.45, 7) is 15.6. The average molecular weight is 401 g/mol. The molecule has 0 spiro atoms.